The monoisotopic (exact) mass is 884 g/mol. The molecule has 4 aliphatic carbocycles. The Bertz CT molecular complexity index is 2070. The van der Waals surface area contributed by atoms with Crippen LogP contribution in [0.25, 0.3) is 0 Å². The van der Waals surface area contributed by atoms with Gasteiger partial charge in [-0.3, -0.25) is 34.2 Å². The van der Waals surface area contributed by atoms with Crippen molar-refractivity contribution < 1.29 is 38.7 Å². The predicted molar refractivity (Wildman–Crippen MR) is 237 cm³/mol. The minimum absolute atomic E-state index is 0.0291. The molecule has 2 aromatic carbocycles. The number of carbonyl (C=O) groups excluding carboxylic acids is 5. The number of amides is 5. The second-order valence-electron chi connectivity index (χ2n) is 19.4. The van der Waals surface area contributed by atoms with Crippen LogP contribution in [-0.4, -0.2) is 96.0 Å². The largest absolute Gasteiger partial charge is 0.444 e. The highest BCUT2D eigenvalue weighted by atomic mass is 16.6. The predicted octanol–water partition coefficient (Wildman–Crippen LogP) is 4.66. The second kappa shape index (κ2) is 20.4. The third-order valence-electron chi connectivity index (χ3n) is 13.0. The van der Waals surface area contributed by atoms with Crippen molar-refractivity contribution in [2.24, 2.45) is 29.4 Å². The molecule has 0 spiro atoms. The van der Waals surface area contributed by atoms with E-state index >= 15 is 4.79 Å². The number of nitro groups is 1. The van der Waals surface area contributed by atoms with Gasteiger partial charge in [0, 0.05) is 48.4 Å². The highest BCUT2D eigenvalue weighted by molar-refractivity contribution is 6.04. The lowest BCUT2D eigenvalue weighted by atomic mass is 9.53. The molecule has 17 nitrogen and oxygen atoms in total. The summed E-state index contributed by atoms with van der Waals surface area (Å²) in [6.45, 7) is 8.72. The third kappa shape index (κ3) is 12.3. The van der Waals surface area contributed by atoms with Gasteiger partial charge >= 0.3 is 6.09 Å². The molecule has 4 bridgehead atoms. The molecule has 346 valence electrons. The number of nitro benzene ring substituents is 1. The molecule has 4 aliphatic rings. The first kappa shape index (κ1) is 47.8. The maximum Gasteiger partial charge on any atom is 0.408 e. The number of rotatable bonds is 19. The standard InChI is InChI=1S/C47H64N8O9/c1-6-28(2)41(43(59)53-47-23-31-16-32(24-47)18-33(17-31)25-47)54(40(57)22-39(56)36(48)19-30-12-14-35(15-13-30)55(62)63)44(60)38(21-34-26-49-27-50-34)51-42(58)37(20-29-10-8-7-9-11-29)52-45(61)64-46(3,4)5/h7-15,26-28,31-33,36-39,41,56H,6,16-25,48H2,1-5H3,(H,49,50)(H,51,58)(H,52,61)(H,53,59)/t28-,31?,32?,33?,36-,37-,38-,39?,41-,47?/m0/s1. The van der Waals surface area contributed by atoms with Crippen LogP contribution >= 0.6 is 0 Å². The lowest BCUT2D eigenvalue weighted by molar-refractivity contribution is -0.384. The van der Waals surface area contributed by atoms with E-state index in [0.717, 1.165) is 43.4 Å². The first-order chi connectivity index (χ1) is 30.3. The van der Waals surface area contributed by atoms with Gasteiger partial charge in [-0.15, -0.1) is 0 Å². The number of aliphatic hydroxyl groups excluding tert-OH is 1. The Morgan fingerprint density at radius 2 is 1.53 bits per heavy atom. The molecule has 0 saturated heterocycles. The van der Waals surface area contributed by atoms with Gasteiger partial charge in [0.2, 0.25) is 17.7 Å². The Hall–Kier alpha value is -5.68. The summed E-state index contributed by atoms with van der Waals surface area (Å²) in [6.07, 6.45) is 6.04. The molecule has 0 aliphatic heterocycles. The number of non-ortho nitro benzene ring substituents is 1. The average Bonchev–Trinajstić information content (AvgIpc) is 3.74. The SMILES string of the molecule is CC[C@H](C)[C@@H](C(=O)NC12CC3CC(CC(C3)C1)C2)N(C(=O)CC(O)[C@@H](N)Cc1ccc([N+](=O)[O-])cc1)C(=O)[C@H](Cc1cnc[nH]1)NC(=O)[C@H](Cc1ccccc1)NC(=O)OC(C)(C)C. The number of carbonyl (C=O) groups is 5. The minimum Gasteiger partial charge on any atom is -0.444 e. The van der Waals surface area contributed by atoms with Gasteiger partial charge in [0.25, 0.3) is 11.6 Å². The van der Waals surface area contributed by atoms with Crippen molar-refractivity contribution in [3.8, 4) is 0 Å². The van der Waals surface area contributed by atoms with Gasteiger partial charge in [-0.2, -0.15) is 0 Å². The minimum atomic E-state index is -1.50. The van der Waals surface area contributed by atoms with Crippen molar-refractivity contribution in [1.82, 2.24) is 30.8 Å². The number of H-pyrrole nitrogens is 1. The van der Waals surface area contributed by atoms with Crippen LogP contribution in [0.4, 0.5) is 10.5 Å². The van der Waals surface area contributed by atoms with Crippen molar-refractivity contribution in [1.29, 1.82) is 0 Å². The van der Waals surface area contributed by atoms with Crippen LogP contribution in [0.2, 0.25) is 0 Å². The van der Waals surface area contributed by atoms with Gasteiger partial charge < -0.3 is 36.5 Å². The first-order valence-electron chi connectivity index (χ1n) is 22.5. The van der Waals surface area contributed by atoms with Gasteiger partial charge in [-0.05, 0) is 101 Å². The summed E-state index contributed by atoms with van der Waals surface area (Å²) in [5, 5.41) is 31.6. The van der Waals surface area contributed by atoms with Crippen molar-refractivity contribution in [3.63, 3.8) is 0 Å². The van der Waals surface area contributed by atoms with Crippen molar-refractivity contribution >= 4 is 35.4 Å². The van der Waals surface area contributed by atoms with Gasteiger partial charge in [-0.25, -0.2) is 9.78 Å². The maximum atomic E-state index is 15.4. The Morgan fingerprint density at radius 3 is 2.08 bits per heavy atom. The number of nitrogens with two attached hydrogens (primary N) is 1. The van der Waals surface area contributed by atoms with Gasteiger partial charge in [-0.1, -0.05) is 62.7 Å². The van der Waals surface area contributed by atoms with Gasteiger partial charge in [0.1, 0.15) is 23.7 Å². The van der Waals surface area contributed by atoms with Crippen molar-refractivity contribution in [2.45, 2.75) is 147 Å². The molecule has 1 unspecified atom stereocenters. The Morgan fingerprint density at radius 1 is 0.922 bits per heavy atom. The number of aromatic amines is 1. The van der Waals surface area contributed by atoms with Crippen LogP contribution in [0.1, 0.15) is 103 Å². The second-order valence-corrected chi connectivity index (χ2v) is 19.4. The molecule has 7 rings (SSSR count). The number of aliphatic hydroxyl groups is 1. The maximum absolute atomic E-state index is 15.4. The normalized spacial score (nSPS) is 22.8. The lowest BCUT2D eigenvalue weighted by Crippen LogP contribution is -2.66. The first-order valence-corrected chi connectivity index (χ1v) is 22.5. The molecule has 1 aromatic heterocycles. The molecule has 4 saturated carbocycles. The van der Waals surface area contributed by atoms with Crippen molar-refractivity contribution in [2.75, 3.05) is 0 Å². The van der Waals surface area contributed by atoms with Gasteiger partial charge in [0.05, 0.1) is 23.8 Å². The fraction of sp³-hybridized carbons (Fsp3) is 0.574. The van der Waals surface area contributed by atoms with E-state index in [9.17, 15) is 34.4 Å². The summed E-state index contributed by atoms with van der Waals surface area (Å²) in [7, 11) is 0. The van der Waals surface area contributed by atoms with E-state index in [4.69, 9.17) is 10.5 Å². The van der Waals surface area contributed by atoms with E-state index in [0.29, 0.717) is 41.0 Å². The molecule has 3 aromatic rings. The van der Waals surface area contributed by atoms with E-state index < -0.39 is 88.4 Å². The molecule has 5 amide bonds. The van der Waals surface area contributed by atoms with Crippen LogP contribution in [0, 0.1) is 33.8 Å². The Labute approximate surface area is 374 Å². The molecule has 6 atom stereocenters. The number of alkyl carbamates (subject to hydrolysis) is 1. The van der Waals surface area contributed by atoms with E-state index in [2.05, 4.69) is 25.9 Å². The van der Waals surface area contributed by atoms with Crippen LogP contribution < -0.4 is 21.7 Å². The quantitative estimate of drug-likeness (QED) is 0.0714. The number of hydrogen-bond donors (Lipinski definition) is 6. The summed E-state index contributed by atoms with van der Waals surface area (Å²) in [6, 6.07) is 9.58. The summed E-state index contributed by atoms with van der Waals surface area (Å²) >= 11 is 0. The number of hydrogen-bond acceptors (Lipinski definition) is 11. The molecule has 0 radical (unpaired) electrons. The molecular formula is C47H64N8O9. The number of imide groups is 1. The number of imidazole rings is 1. The molecular weight excluding hydrogens is 821 g/mol. The Kier molecular flexibility index (Phi) is 15.3. The zero-order valence-corrected chi connectivity index (χ0v) is 37.5. The third-order valence-corrected chi connectivity index (χ3v) is 13.0. The van der Waals surface area contributed by atoms with Crippen LogP contribution in [0.15, 0.2) is 67.1 Å². The average molecular weight is 885 g/mol. The zero-order chi connectivity index (χ0) is 46.3. The number of benzene rings is 2. The van der Waals surface area contributed by atoms with E-state index in [1.165, 1.54) is 36.8 Å². The molecule has 7 N–H and O–H groups in total. The van der Waals surface area contributed by atoms with Crippen LogP contribution in [0.5, 0.6) is 0 Å². The fourth-order valence-corrected chi connectivity index (χ4v) is 10.2. The van der Waals surface area contributed by atoms with Crippen LogP contribution in [0.3, 0.4) is 0 Å². The highest BCUT2D eigenvalue weighted by Gasteiger charge is 2.53. The van der Waals surface area contributed by atoms with Gasteiger partial charge in [0.15, 0.2) is 0 Å². The van der Waals surface area contributed by atoms with Crippen molar-refractivity contribution in [3.05, 3.63) is 94.1 Å². The Balaban J connectivity index is 1.33. The summed E-state index contributed by atoms with van der Waals surface area (Å²) < 4.78 is 5.50. The topological polar surface area (TPSA) is 252 Å². The molecule has 64 heavy (non-hydrogen) atoms. The molecule has 1 heterocycles. The summed E-state index contributed by atoms with van der Waals surface area (Å²) in [5.41, 5.74) is 6.71. The summed E-state index contributed by atoms with van der Waals surface area (Å²) in [4.78, 5) is 91.5. The van der Waals surface area contributed by atoms with E-state index in [1.54, 1.807) is 52.0 Å². The smallest absolute Gasteiger partial charge is 0.408 e. The molecule has 4 fully saturated rings. The number of ether oxygens (including phenoxy) is 1. The zero-order valence-electron chi connectivity index (χ0n) is 37.5. The van der Waals surface area contributed by atoms with E-state index in [-0.39, 0.29) is 24.9 Å². The highest BCUT2D eigenvalue weighted by Crippen LogP contribution is 2.55. The lowest BCUT2D eigenvalue weighted by Gasteiger charge is -2.57. The van der Waals surface area contributed by atoms with E-state index in [1.807, 2.05) is 13.0 Å². The fourth-order valence-electron chi connectivity index (χ4n) is 10.2. The summed E-state index contributed by atoms with van der Waals surface area (Å²) in [5.74, 6) is -2.08. The number of nitrogens with zero attached hydrogens (tertiary/aromatic N) is 3. The number of aromatic nitrogens is 2. The van der Waals surface area contributed by atoms with Crippen LogP contribution in [-0.2, 0) is 43.2 Å². The molecule has 17 heteroatoms. The number of nitrogens with one attached hydrogen (secondary N) is 4.